The van der Waals surface area contributed by atoms with E-state index in [-0.39, 0.29) is 31.5 Å². The first-order valence-electron chi connectivity index (χ1n) is 20.5. The van der Waals surface area contributed by atoms with E-state index in [0.717, 1.165) is 51.4 Å². The monoisotopic (exact) mass is 806 g/mol. The topological polar surface area (TPSA) is 166 Å². The highest BCUT2D eigenvalue weighted by atomic mass is 31.2. The van der Waals surface area contributed by atoms with Gasteiger partial charge in [0, 0.05) is 19.3 Å². The van der Waals surface area contributed by atoms with E-state index < -0.39 is 58.4 Å². The van der Waals surface area contributed by atoms with Gasteiger partial charge in [-0.05, 0) is 83.1 Å². The minimum Gasteiger partial charge on any atom is -0.462 e. The van der Waals surface area contributed by atoms with Crippen molar-refractivity contribution in [2.45, 2.75) is 148 Å². The zero-order chi connectivity index (χ0) is 41.4. The van der Waals surface area contributed by atoms with Crippen LogP contribution in [0, 0.1) is 0 Å². The summed E-state index contributed by atoms with van der Waals surface area (Å²) in [6.07, 6.45) is 41.3. The van der Waals surface area contributed by atoms with Crippen molar-refractivity contribution in [2.24, 2.45) is 0 Å². The van der Waals surface area contributed by atoms with Crippen LogP contribution in [0.5, 0.6) is 0 Å². The van der Waals surface area contributed by atoms with E-state index in [1.807, 2.05) is 6.08 Å². The molecule has 3 N–H and O–H groups in total. The molecule has 3 atom stereocenters. The summed E-state index contributed by atoms with van der Waals surface area (Å²) in [5.41, 5.74) is 0. The standard InChI is InChI=1S/C44H71O11P/c1-3-5-7-9-11-13-15-17-18-20-22-24-26-28-30-34-44(49)55-42(39-54-56(50,51)53-37-41(47)36-45)38-52-43(48)35-31-33-40(46)32-29-27-25-23-21-19-16-14-12-10-8-6-4-2/h11-14,17-19,21-22,24-25,27,29,32,41-42,45,47H,3-10,15-16,20,23,26,28,30-31,33-39H2,1-2H3,(H,50,51)/b13-11-,14-12-,18-17-,21-19-,24-22-,27-25-,32-29+/t41-,42+/m0/s1. The summed E-state index contributed by atoms with van der Waals surface area (Å²) in [6, 6.07) is 0. The number of unbranched alkanes of at least 4 members (excludes halogenated alkanes) is 8. The second-order valence-corrected chi connectivity index (χ2v) is 14.8. The van der Waals surface area contributed by atoms with Crippen LogP contribution in [0.15, 0.2) is 85.1 Å². The van der Waals surface area contributed by atoms with Crippen molar-refractivity contribution in [3.05, 3.63) is 85.1 Å². The summed E-state index contributed by atoms with van der Waals surface area (Å²) in [5.74, 6) is -1.37. The van der Waals surface area contributed by atoms with E-state index in [2.05, 4.69) is 79.1 Å². The Morgan fingerprint density at radius 3 is 1.64 bits per heavy atom. The minimum absolute atomic E-state index is 0.0606. The van der Waals surface area contributed by atoms with Crippen LogP contribution >= 0.6 is 7.82 Å². The van der Waals surface area contributed by atoms with Crippen LogP contribution in [0.4, 0.5) is 0 Å². The van der Waals surface area contributed by atoms with Crippen LogP contribution < -0.4 is 0 Å². The van der Waals surface area contributed by atoms with Crippen LogP contribution in [-0.4, -0.2) is 71.5 Å². The summed E-state index contributed by atoms with van der Waals surface area (Å²) in [4.78, 5) is 47.1. The zero-order valence-corrected chi connectivity index (χ0v) is 35.0. The van der Waals surface area contributed by atoms with Crippen molar-refractivity contribution in [1.29, 1.82) is 0 Å². The number of phosphoric ester groups is 1. The van der Waals surface area contributed by atoms with Crippen LogP contribution in [0.3, 0.4) is 0 Å². The molecule has 12 heteroatoms. The summed E-state index contributed by atoms with van der Waals surface area (Å²) >= 11 is 0. The molecule has 0 amide bonds. The van der Waals surface area contributed by atoms with Gasteiger partial charge in [0.25, 0.3) is 0 Å². The first-order chi connectivity index (χ1) is 27.1. The van der Waals surface area contributed by atoms with E-state index in [4.69, 9.17) is 19.1 Å². The van der Waals surface area contributed by atoms with Gasteiger partial charge in [0.1, 0.15) is 12.7 Å². The summed E-state index contributed by atoms with van der Waals surface area (Å²) < 4.78 is 32.4. The maximum absolute atomic E-state index is 12.6. The molecule has 0 bridgehead atoms. The lowest BCUT2D eigenvalue weighted by Gasteiger charge is -2.20. The Bertz CT molecular complexity index is 1270. The molecule has 0 spiro atoms. The van der Waals surface area contributed by atoms with E-state index in [1.165, 1.54) is 44.6 Å². The SMILES string of the molecule is CCCCC/C=C\C/C=C\C/C=C\C=C\C(=O)CCCC(=O)OC[C@H](COP(=O)(O)OC[C@@H](O)CO)OC(=O)CCCC/C=C\C/C=C\C/C=C\CCCCC. The molecule has 0 saturated carbocycles. The first kappa shape index (κ1) is 52.8. The quantitative estimate of drug-likeness (QED) is 0.0137. The van der Waals surface area contributed by atoms with Gasteiger partial charge in [0.15, 0.2) is 11.9 Å². The zero-order valence-electron chi connectivity index (χ0n) is 34.1. The Kier molecular flexibility index (Phi) is 36.5. The van der Waals surface area contributed by atoms with Crippen molar-refractivity contribution < 1.29 is 52.6 Å². The third-order valence-electron chi connectivity index (χ3n) is 8.00. The van der Waals surface area contributed by atoms with Gasteiger partial charge in [0.2, 0.25) is 0 Å². The molecule has 0 aromatic carbocycles. The number of carbonyl (C=O) groups is 3. The molecule has 0 aromatic heterocycles. The average molecular weight is 807 g/mol. The molecule has 0 fully saturated rings. The first-order valence-corrected chi connectivity index (χ1v) is 22.0. The van der Waals surface area contributed by atoms with E-state index >= 15 is 0 Å². The predicted molar refractivity (Wildman–Crippen MR) is 224 cm³/mol. The van der Waals surface area contributed by atoms with Crippen LogP contribution in [0.2, 0.25) is 0 Å². The third-order valence-corrected chi connectivity index (χ3v) is 8.95. The van der Waals surface area contributed by atoms with Crippen LogP contribution in [-0.2, 0) is 37.5 Å². The van der Waals surface area contributed by atoms with E-state index in [0.29, 0.717) is 6.42 Å². The van der Waals surface area contributed by atoms with Crippen LogP contribution in [0.25, 0.3) is 0 Å². The number of phosphoric acid groups is 1. The highest BCUT2D eigenvalue weighted by Gasteiger charge is 2.27. The normalized spacial score (nSPS) is 14.7. The fourth-order valence-electron chi connectivity index (χ4n) is 4.77. The van der Waals surface area contributed by atoms with Gasteiger partial charge in [-0.3, -0.25) is 23.4 Å². The summed E-state index contributed by atoms with van der Waals surface area (Å²) in [6.45, 7) is 1.97. The number of aliphatic hydroxyl groups is 2. The molecule has 0 aliphatic carbocycles. The smallest absolute Gasteiger partial charge is 0.462 e. The van der Waals surface area contributed by atoms with Crippen molar-refractivity contribution in [1.82, 2.24) is 0 Å². The fourth-order valence-corrected chi connectivity index (χ4v) is 5.56. The van der Waals surface area contributed by atoms with Crippen molar-refractivity contribution in [3.8, 4) is 0 Å². The number of esters is 2. The number of hydrogen-bond donors (Lipinski definition) is 3. The third kappa shape index (κ3) is 37.7. The maximum atomic E-state index is 12.6. The van der Waals surface area contributed by atoms with Gasteiger partial charge < -0.3 is 24.6 Å². The predicted octanol–water partition coefficient (Wildman–Crippen LogP) is 9.84. The van der Waals surface area contributed by atoms with Crippen molar-refractivity contribution in [3.63, 3.8) is 0 Å². The fraction of sp³-hybridized carbons (Fsp3) is 0.614. The van der Waals surface area contributed by atoms with Crippen molar-refractivity contribution in [2.75, 3.05) is 26.4 Å². The molecule has 56 heavy (non-hydrogen) atoms. The highest BCUT2D eigenvalue weighted by molar-refractivity contribution is 7.47. The van der Waals surface area contributed by atoms with Gasteiger partial charge in [0.05, 0.1) is 19.8 Å². The minimum atomic E-state index is -4.69. The molecule has 318 valence electrons. The largest absolute Gasteiger partial charge is 0.472 e. The van der Waals surface area contributed by atoms with E-state index in [1.54, 1.807) is 12.2 Å². The van der Waals surface area contributed by atoms with Crippen molar-refractivity contribution >= 4 is 25.5 Å². The number of hydrogen-bond acceptors (Lipinski definition) is 10. The molecule has 0 heterocycles. The Morgan fingerprint density at radius 2 is 1.09 bits per heavy atom. The molecule has 1 unspecified atom stereocenters. The number of carbonyl (C=O) groups excluding carboxylic acids is 3. The lowest BCUT2D eigenvalue weighted by atomic mass is 10.1. The molecule has 0 saturated heterocycles. The molecule has 0 aliphatic rings. The lowest BCUT2D eigenvalue weighted by molar-refractivity contribution is -0.161. The van der Waals surface area contributed by atoms with Gasteiger partial charge in [-0.25, -0.2) is 4.57 Å². The molecular weight excluding hydrogens is 735 g/mol. The summed E-state index contributed by atoms with van der Waals surface area (Å²) in [5, 5.41) is 18.3. The maximum Gasteiger partial charge on any atom is 0.472 e. The average Bonchev–Trinajstić information content (AvgIpc) is 3.18. The van der Waals surface area contributed by atoms with Gasteiger partial charge in [-0.15, -0.1) is 0 Å². The molecule has 11 nitrogen and oxygen atoms in total. The number of rotatable bonds is 37. The molecule has 0 aliphatic heterocycles. The van der Waals surface area contributed by atoms with Gasteiger partial charge >= 0.3 is 19.8 Å². The van der Waals surface area contributed by atoms with Crippen LogP contribution in [0.1, 0.15) is 136 Å². The number of ether oxygens (including phenoxy) is 2. The van der Waals surface area contributed by atoms with Gasteiger partial charge in [-0.1, -0.05) is 119 Å². The Hall–Kier alpha value is -3.18. The summed E-state index contributed by atoms with van der Waals surface area (Å²) in [7, 11) is -4.69. The number of allylic oxidation sites excluding steroid dienone is 14. The number of aliphatic hydroxyl groups excluding tert-OH is 2. The highest BCUT2D eigenvalue weighted by Crippen LogP contribution is 2.43. The Labute approximate surface area is 336 Å². The Morgan fingerprint density at radius 1 is 0.589 bits per heavy atom. The molecule has 0 aromatic rings. The number of ketones is 1. The van der Waals surface area contributed by atoms with E-state index in [9.17, 15) is 28.9 Å². The lowest BCUT2D eigenvalue weighted by Crippen LogP contribution is -2.29. The van der Waals surface area contributed by atoms with Gasteiger partial charge in [-0.2, -0.15) is 0 Å². The second-order valence-electron chi connectivity index (χ2n) is 13.3. The molecule has 0 radical (unpaired) electrons. The Balaban J connectivity index is 4.62. The second kappa shape index (κ2) is 38.7. The molecular formula is C44H71O11P. The molecule has 0 rings (SSSR count).